The molecule has 0 saturated heterocycles. The summed E-state index contributed by atoms with van der Waals surface area (Å²) in [6.07, 6.45) is 0. The quantitative estimate of drug-likeness (QED) is 0.411. The lowest BCUT2D eigenvalue weighted by Gasteiger charge is -2.07. The van der Waals surface area contributed by atoms with Crippen molar-refractivity contribution in [1.82, 2.24) is 4.72 Å². The molecule has 1 aromatic rings. The highest BCUT2D eigenvalue weighted by molar-refractivity contribution is 7.89. The second kappa shape index (κ2) is 8.25. The molecule has 1 N–H and O–H groups in total. The molecule has 0 heterocycles. The van der Waals surface area contributed by atoms with Gasteiger partial charge in [0.05, 0.1) is 29.6 Å². The zero-order chi connectivity index (χ0) is 15.9. The highest BCUT2D eigenvalue weighted by Crippen LogP contribution is 2.26. The molecule has 0 unspecified atom stereocenters. The Morgan fingerprint density at radius 3 is 2.67 bits per heavy atom. The number of nitrogens with one attached hydrogen (secondary N) is 1. The lowest BCUT2D eigenvalue weighted by molar-refractivity contribution is -0.384. The number of methoxy groups -OCH3 is 1. The number of benzene rings is 1. The normalized spacial score (nSPS) is 11.5. The van der Waals surface area contributed by atoms with E-state index >= 15 is 0 Å². The van der Waals surface area contributed by atoms with Gasteiger partial charge in [-0.2, -0.15) is 0 Å². The van der Waals surface area contributed by atoms with Crippen molar-refractivity contribution in [1.29, 1.82) is 0 Å². The van der Waals surface area contributed by atoms with Crippen LogP contribution in [0.5, 0.6) is 0 Å². The molecule has 0 fully saturated rings. The van der Waals surface area contributed by atoms with Crippen molar-refractivity contribution in [2.75, 3.05) is 33.5 Å². The third-order valence-electron chi connectivity index (χ3n) is 2.39. The van der Waals surface area contributed by atoms with Crippen molar-refractivity contribution < 1.29 is 22.8 Å². The van der Waals surface area contributed by atoms with Crippen molar-refractivity contribution in [2.45, 2.75) is 4.90 Å². The molecule has 1 rings (SSSR count). The van der Waals surface area contributed by atoms with Gasteiger partial charge in [-0.05, 0) is 12.1 Å². The number of ether oxygens (including phenoxy) is 2. The van der Waals surface area contributed by atoms with E-state index in [1.807, 2.05) is 0 Å². The van der Waals surface area contributed by atoms with Crippen LogP contribution in [-0.4, -0.2) is 46.8 Å². The Morgan fingerprint density at radius 1 is 1.33 bits per heavy atom. The van der Waals surface area contributed by atoms with Crippen LogP contribution in [0, 0.1) is 10.1 Å². The summed E-state index contributed by atoms with van der Waals surface area (Å²) in [6, 6.07) is 3.28. The molecule has 0 aliphatic carbocycles. The number of nitro groups is 1. The monoisotopic (exact) mass is 338 g/mol. The van der Waals surface area contributed by atoms with E-state index in [1.54, 1.807) is 0 Å². The third kappa shape index (κ3) is 5.56. The minimum Gasteiger partial charge on any atom is -0.382 e. The molecule has 0 spiro atoms. The SMILES string of the molecule is COCCOCCNS(=O)(=O)c1ccc(Cl)c([N+](=O)[O-])c1. The number of hydrogen-bond acceptors (Lipinski definition) is 6. The van der Waals surface area contributed by atoms with Crippen LogP contribution in [0.25, 0.3) is 0 Å². The Labute approximate surface area is 127 Å². The first kappa shape index (κ1) is 17.8. The van der Waals surface area contributed by atoms with Gasteiger partial charge in [0.25, 0.3) is 5.69 Å². The largest absolute Gasteiger partial charge is 0.382 e. The van der Waals surface area contributed by atoms with E-state index in [9.17, 15) is 18.5 Å². The number of sulfonamides is 1. The standard InChI is InChI=1S/C11H15ClN2O6S/c1-19-6-7-20-5-4-13-21(17,18)9-2-3-10(12)11(8-9)14(15)16/h2-3,8,13H,4-7H2,1H3. The van der Waals surface area contributed by atoms with Gasteiger partial charge < -0.3 is 9.47 Å². The van der Waals surface area contributed by atoms with Crippen molar-refractivity contribution in [3.8, 4) is 0 Å². The summed E-state index contributed by atoms with van der Waals surface area (Å²) in [6.45, 7) is 0.974. The molecule has 0 aliphatic rings. The molecule has 21 heavy (non-hydrogen) atoms. The lowest BCUT2D eigenvalue weighted by Crippen LogP contribution is -2.27. The van der Waals surface area contributed by atoms with Gasteiger partial charge in [-0.3, -0.25) is 10.1 Å². The van der Waals surface area contributed by atoms with Crippen molar-refractivity contribution in [3.63, 3.8) is 0 Å². The Kier molecular flexibility index (Phi) is 6.99. The predicted octanol–water partition coefficient (Wildman–Crippen LogP) is 1.19. The van der Waals surface area contributed by atoms with E-state index in [1.165, 1.54) is 19.2 Å². The van der Waals surface area contributed by atoms with Crippen molar-refractivity contribution >= 4 is 27.3 Å². The van der Waals surface area contributed by atoms with Gasteiger partial charge in [-0.25, -0.2) is 13.1 Å². The van der Waals surface area contributed by atoms with Gasteiger partial charge in [0, 0.05) is 19.7 Å². The van der Waals surface area contributed by atoms with E-state index in [2.05, 4.69) is 4.72 Å². The highest BCUT2D eigenvalue weighted by atomic mass is 35.5. The van der Waals surface area contributed by atoms with Gasteiger partial charge in [0.1, 0.15) is 5.02 Å². The first-order valence-corrected chi connectivity index (χ1v) is 7.75. The maximum absolute atomic E-state index is 12.0. The zero-order valence-electron chi connectivity index (χ0n) is 11.2. The maximum Gasteiger partial charge on any atom is 0.289 e. The summed E-state index contributed by atoms with van der Waals surface area (Å²) >= 11 is 5.63. The molecule has 0 aromatic heterocycles. The Bertz CT molecular complexity index is 592. The second-order valence-corrected chi connectivity index (χ2v) is 6.05. The fraction of sp³-hybridized carbons (Fsp3) is 0.455. The molecule has 10 heteroatoms. The molecule has 0 atom stereocenters. The average molecular weight is 339 g/mol. The Balaban J connectivity index is 2.66. The van der Waals surface area contributed by atoms with Gasteiger partial charge in [0.2, 0.25) is 10.0 Å². The Morgan fingerprint density at radius 2 is 2.05 bits per heavy atom. The molecule has 0 bridgehead atoms. The fourth-order valence-electron chi connectivity index (χ4n) is 1.38. The van der Waals surface area contributed by atoms with Crippen LogP contribution in [0.1, 0.15) is 0 Å². The number of nitro benzene ring substituents is 1. The van der Waals surface area contributed by atoms with Crippen LogP contribution in [0.3, 0.4) is 0 Å². The van der Waals surface area contributed by atoms with Crippen LogP contribution in [0.4, 0.5) is 5.69 Å². The van der Waals surface area contributed by atoms with E-state index in [0.717, 1.165) is 6.07 Å². The molecule has 0 amide bonds. The predicted molar refractivity (Wildman–Crippen MR) is 76.0 cm³/mol. The number of nitrogens with zero attached hydrogens (tertiary/aromatic N) is 1. The number of rotatable bonds is 9. The highest BCUT2D eigenvalue weighted by Gasteiger charge is 2.20. The summed E-state index contributed by atoms with van der Waals surface area (Å²) < 4.78 is 36.0. The molecule has 0 radical (unpaired) electrons. The van der Waals surface area contributed by atoms with Gasteiger partial charge in [0.15, 0.2) is 0 Å². The molecule has 8 nitrogen and oxygen atoms in total. The Hall–Kier alpha value is -1.26. The van der Waals surface area contributed by atoms with E-state index < -0.39 is 20.6 Å². The van der Waals surface area contributed by atoms with Crippen LogP contribution in [0.15, 0.2) is 23.1 Å². The molecule has 0 aliphatic heterocycles. The van der Waals surface area contributed by atoms with Gasteiger partial charge in [-0.15, -0.1) is 0 Å². The average Bonchev–Trinajstić information content (AvgIpc) is 2.42. The van der Waals surface area contributed by atoms with E-state index in [0.29, 0.717) is 13.2 Å². The fourth-order valence-corrected chi connectivity index (χ4v) is 2.59. The maximum atomic E-state index is 12.0. The molecular formula is C11H15ClN2O6S. The smallest absolute Gasteiger partial charge is 0.289 e. The lowest BCUT2D eigenvalue weighted by atomic mass is 10.3. The number of hydrogen-bond donors (Lipinski definition) is 1. The molecule has 1 aromatic carbocycles. The second-order valence-electron chi connectivity index (χ2n) is 3.87. The molecule has 0 saturated carbocycles. The van der Waals surface area contributed by atoms with Crippen LogP contribution >= 0.6 is 11.6 Å². The first-order valence-electron chi connectivity index (χ1n) is 5.89. The summed E-state index contributed by atoms with van der Waals surface area (Å²) in [5.74, 6) is 0. The molecule has 118 valence electrons. The first-order chi connectivity index (χ1) is 9.88. The van der Waals surface area contributed by atoms with Gasteiger partial charge >= 0.3 is 0 Å². The summed E-state index contributed by atoms with van der Waals surface area (Å²) in [5, 5.41) is 10.6. The topological polar surface area (TPSA) is 108 Å². The summed E-state index contributed by atoms with van der Waals surface area (Å²) in [5.41, 5.74) is -0.462. The van der Waals surface area contributed by atoms with E-state index in [-0.39, 0.29) is 23.1 Å². The minimum atomic E-state index is -3.85. The minimum absolute atomic E-state index is 0.0441. The number of halogens is 1. The van der Waals surface area contributed by atoms with Crippen LogP contribution < -0.4 is 4.72 Å². The van der Waals surface area contributed by atoms with Crippen LogP contribution in [0.2, 0.25) is 5.02 Å². The van der Waals surface area contributed by atoms with Crippen molar-refractivity contribution in [3.05, 3.63) is 33.3 Å². The molecular weight excluding hydrogens is 324 g/mol. The zero-order valence-corrected chi connectivity index (χ0v) is 12.8. The van der Waals surface area contributed by atoms with E-state index in [4.69, 9.17) is 21.1 Å². The van der Waals surface area contributed by atoms with Gasteiger partial charge in [-0.1, -0.05) is 11.6 Å². The summed E-state index contributed by atoms with van der Waals surface area (Å²) in [4.78, 5) is 9.77. The third-order valence-corrected chi connectivity index (χ3v) is 4.17. The van der Waals surface area contributed by atoms with Crippen molar-refractivity contribution in [2.24, 2.45) is 0 Å². The van der Waals surface area contributed by atoms with Crippen LogP contribution in [-0.2, 0) is 19.5 Å². The summed E-state index contributed by atoms with van der Waals surface area (Å²) in [7, 11) is -2.32.